The summed E-state index contributed by atoms with van der Waals surface area (Å²) < 4.78 is 28.2. The van der Waals surface area contributed by atoms with Crippen LogP contribution in [0, 0.1) is 31.6 Å². The van der Waals surface area contributed by atoms with Crippen molar-refractivity contribution in [2.75, 3.05) is 26.2 Å². The van der Waals surface area contributed by atoms with Gasteiger partial charge in [0.25, 0.3) is 0 Å². The number of sulfonamides is 1. The van der Waals surface area contributed by atoms with Crippen molar-refractivity contribution < 1.29 is 8.42 Å². The van der Waals surface area contributed by atoms with Gasteiger partial charge < -0.3 is 0 Å². The van der Waals surface area contributed by atoms with Gasteiger partial charge in [0, 0.05) is 31.7 Å². The highest BCUT2D eigenvalue weighted by Crippen LogP contribution is 2.57. The van der Waals surface area contributed by atoms with E-state index in [4.69, 9.17) is 0 Å². The smallest absolute Gasteiger partial charge is 0.243 e. The van der Waals surface area contributed by atoms with Crippen molar-refractivity contribution in [1.82, 2.24) is 9.21 Å². The first-order valence-electron chi connectivity index (χ1n) is 10.7. The molecule has 5 aliphatic rings. The number of benzene rings is 1. The van der Waals surface area contributed by atoms with Crippen molar-refractivity contribution in [3.05, 3.63) is 29.3 Å². The largest absolute Gasteiger partial charge is 0.295 e. The van der Waals surface area contributed by atoms with Gasteiger partial charge in [-0.3, -0.25) is 4.90 Å². The van der Waals surface area contributed by atoms with Gasteiger partial charge in [-0.15, -0.1) is 0 Å². The number of nitrogens with zero attached hydrogens (tertiary/aromatic N) is 2. The molecule has 5 fully saturated rings. The third-order valence-corrected chi connectivity index (χ3v) is 9.92. The highest BCUT2D eigenvalue weighted by atomic mass is 32.2. The van der Waals surface area contributed by atoms with Gasteiger partial charge in [0.15, 0.2) is 0 Å². The molecule has 0 unspecified atom stereocenters. The molecule has 4 bridgehead atoms. The van der Waals surface area contributed by atoms with Crippen LogP contribution in [0.3, 0.4) is 0 Å². The summed E-state index contributed by atoms with van der Waals surface area (Å²) in [6, 6.07) is 5.74. The maximum absolute atomic E-state index is 13.2. The minimum atomic E-state index is -3.39. The van der Waals surface area contributed by atoms with E-state index in [-0.39, 0.29) is 0 Å². The Bertz CT molecular complexity index is 805. The van der Waals surface area contributed by atoms with Crippen LogP contribution in [0.1, 0.15) is 49.7 Å². The van der Waals surface area contributed by atoms with E-state index in [0.717, 1.165) is 42.0 Å². The molecule has 1 aromatic carbocycles. The number of aryl methyl sites for hydroxylation is 2. The minimum Gasteiger partial charge on any atom is -0.295 e. The second kappa shape index (κ2) is 6.30. The zero-order valence-electron chi connectivity index (χ0n) is 16.7. The fourth-order valence-electron chi connectivity index (χ4n) is 6.98. The Labute approximate surface area is 164 Å². The molecule has 1 heterocycles. The summed E-state index contributed by atoms with van der Waals surface area (Å²) in [6.45, 7) is 6.93. The van der Waals surface area contributed by atoms with Crippen molar-refractivity contribution in [3.63, 3.8) is 0 Å². The molecule has 1 aliphatic heterocycles. The first kappa shape index (κ1) is 18.1. The van der Waals surface area contributed by atoms with Gasteiger partial charge in [-0.25, -0.2) is 8.42 Å². The molecule has 1 saturated heterocycles. The van der Waals surface area contributed by atoms with Crippen LogP contribution in [0.25, 0.3) is 0 Å². The van der Waals surface area contributed by atoms with Crippen molar-refractivity contribution >= 4 is 10.0 Å². The lowest BCUT2D eigenvalue weighted by Crippen LogP contribution is -2.64. The van der Waals surface area contributed by atoms with E-state index < -0.39 is 10.0 Å². The Morgan fingerprint density at radius 1 is 0.889 bits per heavy atom. The van der Waals surface area contributed by atoms with Gasteiger partial charge in [0.2, 0.25) is 10.0 Å². The molecule has 5 heteroatoms. The second-order valence-electron chi connectivity index (χ2n) is 9.80. The van der Waals surface area contributed by atoms with Crippen molar-refractivity contribution in [3.8, 4) is 0 Å². The number of piperazine rings is 1. The molecule has 0 N–H and O–H groups in total. The Kier molecular flexibility index (Phi) is 4.23. The predicted octanol–water partition coefficient (Wildman–Crippen LogP) is 3.58. The Morgan fingerprint density at radius 3 is 2.00 bits per heavy atom. The third kappa shape index (κ3) is 2.97. The van der Waals surface area contributed by atoms with Gasteiger partial charge in [-0.2, -0.15) is 4.31 Å². The SMILES string of the molecule is Cc1ccc(C)c(S(=O)(=O)N2CCN(C34CC5CC(CC(C5)C3)C4)CC2)c1. The molecule has 0 spiro atoms. The fraction of sp³-hybridized carbons (Fsp3) is 0.727. The molecule has 148 valence electrons. The summed E-state index contributed by atoms with van der Waals surface area (Å²) in [6.07, 6.45) is 8.47. The van der Waals surface area contributed by atoms with Crippen LogP contribution in [0.2, 0.25) is 0 Å². The molecule has 6 rings (SSSR count). The molecule has 1 aromatic rings. The van der Waals surface area contributed by atoms with E-state index in [9.17, 15) is 8.42 Å². The highest BCUT2D eigenvalue weighted by molar-refractivity contribution is 7.89. The molecule has 0 aromatic heterocycles. The summed E-state index contributed by atoms with van der Waals surface area (Å²) in [4.78, 5) is 3.18. The second-order valence-corrected chi connectivity index (χ2v) is 11.7. The molecule has 0 atom stereocenters. The van der Waals surface area contributed by atoms with Gasteiger partial charge in [-0.1, -0.05) is 12.1 Å². The van der Waals surface area contributed by atoms with Crippen molar-refractivity contribution in [2.24, 2.45) is 17.8 Å². The van der Waals surface area contributed by atoms with E-state index >= 15 is 0 Å². The molecule has 4 nitrogen and oxygen atoms in total. The van der Waals surface area contributed by atoms with Crippen LogP contribution >= 0.6 is 0 Å². The molecule has 4 aliphatic carbocycles. The first-order chi connectivity index (χ1) is 12.9. The van der Waals surface area contributed by atoms with Gasteiger partial charge >= 0.3 is 0 Å². The lowest BCUT2D eigenvalue weighted by Gasteiger charge is -2.61. The molecular weight excluding hydrogens is 356 g/mol. The average molecular weight is 389 g/mol. The van der Waals surface area contributed by atoms with Gasteiger partial charge in [0.1, 0.15) is 0 Å². The van der Waals surface area contributed by atoms with Crippen molar-refractivity contribution in [1.29, 1.82) is 0 Å². The van der Waals surface area contributed by atoms with Gasteiger partial charge in [-0.05, 0) is 87.3 Å². The van der Waals surface area contributed by atoms with E-state index in [2.05, 4.69) is 4.90 Å². The quantitative estimate of drug-likeness (QED) is 0.795. The van der Waals surface area contributed by atoms with Crippen molar-refractivity contribution in [2.45, 2.75) is 62.8 Å². The zero-order valence-corrected chi connectivity index (χ0v) is 17.5. The summed E-state index contributed by atoms with van der Waals surface area (Å²) in [7, 11) is -3.39. The monoisotopic (exact) mass is 388 g/mol. The van der Waals surface area contributed by atoms with Crippen LogP contribution in [-0.2, 0) is 10.0 Å². The number of hydrogen-bond donors (Lipinski definition) is 0. The Hall–Kier alpha value is -0.910. The number of hydrogen-bond acceptors (Lipinski definition) is 3. The fourth-order valence-corrected chi connectivity index (χ4v) is 8.71. The van der Waals surface area contributed by atoms with E-state index in [0.29, 0.717) is 23.5 Å². The third-order valence-electron chi connectivity index (χ3n) is 7.88. The topological polar surface area (TPSA) is 40.6 Å². The zero-order chi connectivity index (χ0) is 18.8. The van der Waals surface area contributed by atoms with Crippen LogP contribution in [0.15, 0.2) is 23.1 Å². The normalized spacial score (nSPS) is 37.0. The highest BCUT2D eigenvalue weighted by Gasteiger charge is 2.53. The molecule has 4 saturated carbocycles. The van der Waals surface area contributed by atoms with Gasteiger partial charge in [0.05, 0.1) is 4.90 Å². The minimum absolute atomic E-state index is 0.393. The molecule has 0 radical (unpaired) electrons. The first-order valence-corrected chi connectivity index (χ1v) is 12.1. The van der Waals surface area contributed by atoms with Crippen LogP contribution in [-0.4, -0.2) is 49.3 Å². The predicted molar refractivity (Wildman–Crippen MR) is 107 cm³/mol. The standard InChI is InChI=1S/C22H32N2O2S/c1-16-3-4-17(2)21(9-16)27(25,26)24-7-5-23(6-8-24)22-13-18-10-19(14-22)12-20(11-18)15-22/h3-4,9,18-20H,5-8,10-15H2,1-2H3. The Balaban J connectivity index is 1.33. The molecular formula is C22H32N2O2S. The maximum Gasteiger partial charge on any atom is 0.243 e. The summed E-state index contributed by atoms with van der Waals surface area (Å²) in [5.74, 6) is 2.81. The summed E-state index contributed by atoms with van der Waals surface area (Å²) >= 11 is 0. The average Bonchev–Trinajstić information content (AvgIpc) is 2.63. The van der Waals surface area contributed by atoms with Crippen LogP contribution < -0.4 is 0 Å². The lowest BCUT2D eigenvalue weighted by atomic mass is 9.52. The summed E-state index contributed by atoms with van der Waals surface area (Å²) in [5.41, 5.74) is 2.25. The van der Waals surface area contributed by atoms with E-state index in [1.807, 2.05) is 32.0 Å². The Morgan fingerprint density at radius 2 is 1.44 bits per heavy atom. The molecule has 0 amide bonds. The van der Waals surface area contributed by atoms with Crippen LogP contribution in [0.5, 0.6) is 0 Å². The molecule has 27 heavy (non-hydrogen) atoms. The summed E-state index contributed by atoms with van der Waals surface area (Å²) in [5, 5.41) is 0. The van der Waals surface area contributed by atoms with E-state index in [1.165, 1.54) is 38.5 Å². The lowest BCUT2D eigenvalue weighted by molar-refractivity contribution is -0.0964. The maximum atomic E-state index is 13.2. The van der Waals surface area contributed by atoms with E-state index in [1.54, 1.807) is 4.31 Å². The van der Waals surface area contributed by atoms with Crippen LogP contribution in [0.4, 0.5) is 0 Å². The number of rotatable bonds is 3.